The first-order valence-electron chi connectivity index (χ1n) is 5.33. The van der Waals surface area contributed by atoms with Gasteiger partial charge >= 0.3 is 0 Å². The molecule has 1 heterocycles. The van der Waals surface area contributed by atoms with Crippen LogP contribution in [0.25, 0.3) is 0 Å². The predicted octanol–water partition coefficient (Wildman–Crippen LogP) is 2.72. The molecule has 0 aromatic carbocycles. The van der Waals surface area contributed by atoms with Crippen LogP contribution in [0.15, 0.2) is 16.7 Å². The van der Waals surface area contributed by atoms with E-state index in [4.69, 9.17) is 4.42 Å². The van der Waals surface area contributed by atoms with Crippen LogP contribution in [-0.4, -0.2) is 6.54 Å². The van der Waals surface area contributed by atoms with E-state index < -0.39 is 0 Å². The van der Waals surface area contributed by atoms with Crippen molar-refractivity contribution in [2.24, 2.45) is 11.3 Å². The lowest BCUT2D eigenvalue weighted by atomic mass is 10.1. The summed E-state index contributed by atoms with van der Waals surface area (Å²) in [5.41, 5.74) is 1.82. The van der Waals surface area contributed by atoms with Crippen LogP contribution in [-0.2, 0) is 6.54 Å². The van der Waals surface area contributed by atoms with Crippen molar-refractivity contribution in [3.8, 4) is 0 Å². The summed E-state index contributed by atoms with van der Waals surface area (Å²) in [7, 11) is 0. The molecule has 0 spiro atoms. The smallest absolute Gasteiger partial charge is 0.120 e. The minimum Gasteiger partial charge on any atom is -0.468 e. The lowest BCUT2D eigenvalue weighted by molar-refractivity contribution is 0.460. The number of rotatable bonds is 4. The van der Waals surface area contributed by atoms with E-state index >= 15 is 0 Å². The maximum absolute atomic E-state index is 5.36. The van der Waals surface area contributed by atoms with Gasteiger partial charge in [-0.15, -0.1) is 0 Å². The molecule has 1 aromatic heterocycles. The monoisotopic (exact) mass is 193 g/mol. The second-order valence-electron chi connectivity index (χ2n) is 5.05. The maximum Gasteiger partial charge on any atom is 0.120 e. The standard InChI is InChI=1S/C12H19NO/c1-9-4-5-14-11(9)8-13-7-10-6-12(10,2)3/h4-5,10,13H,6-8H2,1-3H3. The number of nitrogens with one attached hydrogen (secondary N) is 1. The van der Waals surface area contributed by atoms with Gasteiger partial charge in [-0.1, -0.05) is 13.8 Å². The summed E-state index contributed by atoms with van der Waals surface area (Å²) >= 11 is 0. The average Bonchev–Trinajstić information content (AvgIpc) is 2.53. The largest absolute Gasteiger partial charge is 0.468 e. The van der Waals surface area contributed by atoms with E-state index in [-0.39, 0.29) is 0 Å². The quantitative estimate of drug-likeness (QED) is 0.795. The van der Waals surface area contributed by atoms with Crippen LogP contribution in [0.4, 0.5) is 0 Å². The second-order valence-corrected chi connectivity index (χ2v) is 5.05. The molecule has 0 saturated heterocycles. The van der Waals surface area contributed by atoms with E-state index in [9.17, 15) is 0 Å². The lowest BCUT2D eigenvalue weighted by Crippen LogP contribution is -2.18. The second kappa shape index (κ2) is 3.43. The van der Waals surface area contributed by atoms with E-state index in [1.165, 1.54) is 12.0 Å². The average molecular weight is 193 g/mol. The topological polar surface area (TPSA) is 25.2 Å². The first kappa shape index (κ1) is 9.78. The fourth-order valence-corrected chi connectivity index (χ4v) is 1.87. The molecule has 1 aliphatic rings. The van der Waals surface area contributed by atoms with Gasteiger partial charge in [0.2, 0.25) is 0 Å². The molecule has 2 nitrogen and oxygen atoms in total. The fourth-order valence-electron chi connectivity index (χ4n) is 1.87. The van der Waals surface area contributed by atoms with Gasteiger partial charge in [0.1, 0.15) is 5.76 Å². The summed E-state index contributed by atoms with van der Waals surface area (Å²) in [6, 6.07) is 2.01. The maximum atomic E-state index is 5.36. The Morgan fingerprint density at radius 1 is 1.57 bits per heavy atom. The van der Waals surface area contributed by atoms with Gasteiger partial charge in [-0.25, -0.2) is 0 Å². The molecule has 14 heavy (non-hydrogen) atoms. The Kier molecular flexibility index (Phi) is 2.40. The molecule has 1 aliphatic carbocycles. The zero-order valence-corrected chi connectivity index (χ0v) is 9.26. The Balaban J connectivity index is 1.72. The Labute approximate surface area is 85.7 Å². The van der Waals surface area contributed by atoms with Crippen molar-refractivity contribution in [3.05, 3.63) is 23.7 Å². The molecule has 78 valence electrons. The van der Waals surface area contributed by atoms with Gasteiger partial charge in [-0.2, -0.15) is 0 Å². The molecule has 1 fully saturated rings. The Morgan fingerprint density at radius 3 is 2.79 bits per heavy atom. The minimum atomic E-state index is 0.575. The van der Waals surface area contributed by atoms with Crippen molar-refractivity contribution in [2.75, 3.05) is 6.54 Å². The van der Waals surface area contributed by atoms with Crippen LogP contribution in [0, 0.1) is 18.3 Å². The highest BCUT2D eigenvalue weighted by Crippen LogP contribution is 2.50. The zero-order chi connectivity index (χ0) is 10.2. The van der Waals surface area contributed by atoms with Gasteiger partial charge < -0.3 is 9.73 Å². The molecule has 0 aliphatic heterocycles. The summed E-state index contributed by atoms with van der Waals surface area (Å²) < 4.78 is 5.36. The molecule has 1 atom stereocenters. The van der Waals surface area contributed by atoms with Crippen LogP contribution < -0.4 is 5.32 Å². The van der Waals surface area contributed by atoms with Crippen molar-refractivity contribution in [2.45, 2.75) is 33.7 Å². The van der Waals surface area contributed by atoms with Gasteiger partial charge in [0.05, 0.1) is 12.8 Å². The number of hydrogen-bond acceptors (Lipinski definition) is 2. The van der Waals surface area contributed by atoms with Crippen molar-refractivity contribution >= 4 is 0 Å². The molecule has 1 unspecified atom stereocenters. The van der Waals surface area contributed by atoms with Crippen molar-refractivity contribution in [3.63, 3.8) is 0 Å². The molecule has 2 rings (SSSR count). The van der Waals surface area contributed by atoms with Gasteiger partial charge in [0.15, 0.2) is 0 Å². The Bertz CT molecular complexity index is 314. The SMILES string of the molecule is Cc1ccoc1CNCC1CC1(C)C. The number of furan rings is 1. The highest BCUT2D eigenvalue weighted by atomic mass is 16.3. The van der Waals surface area contributed by atoms with Crippen LogP contribution >= 0.6 is 0 Å². The van der Waals surface area contributed by atoms with Gasteiger partial charge in [-0.3, -0.25) is 0 Å². The third kappa shape index (κ3) is 2.01. The molecule has 1 N–H and O–H groups in total. The highest BCUT2D eigenvalue weighted by molar-refractivity contribution is 5.14. The summed E-state index contributed by atoms with van der Waals surface area (Å²) in [5, 5.41) is 3.45. The van der Waals surface area contributed by atoms with E-state index in [1.54, 1.807) is 6.26 Å². The van der Waals surface area contributed by atoms with E-state index in [0.717, 1.165) is 24.8 Å². The molecule has 0 bridgehead atoms. The van der Waals surface area contributed by atoms with Crippen LogP contribution in [0.3, 0.4) is 0 Å². The first-order chi connectivity index (χ1) is 6.59. The lowest BCUT2D eigenvalue weighted by Gasteiger charge is -2.05. The third-order valence-corrected chi connectivity index (χ3v) is 3.36. The van der Waals surface area contributed by atoms with Gasteiger partial charge in [0.25, 0.3) is 0 Å². The van der Waals surface area contributed by atoms with Crippen LogP contribution in [0.2, 0.25) is 0 Å². The molecular weight excluding hydrogens is 174 g/mol. The summed E-state index contributed by atoms with van der Waals surface area (Å²) in [6.07, 6.45) is 3.12. The van der Waals surface area contributed by atoms with Crippen LogP contribution in [0.1, 0.15) is 31.6 Å². The predicted molar refractivity (Wildman–Crippen MR) is 57.0 cm³/mol. The van der Waals surface area contributed by atoms with Crippen molar-refractivity contribution < 1.29 is 4.42 Å². The van der Waals surface area contributed by atoms with E-state index in [1.807, 2.05) is 6.07 Å². The fraction of sp³-hybridized carbons (Fsp3) is 0.667. The molecule has 1 aromatic rings. The first-order valence-corrected chi connectivity index (χ1v) is 5.33. The van der Waals surface area contributed by atoms with Gasteiger partial charge in [0, 0.05) is 0 Å². The molecule has 0 radical (unpaired) electrons. The zero-order valence-electron chi connectivity index (χ0n) is 9.26. The number of aryl methyl sites for hydroxylation is 1. The van der Waals surface area contributed by atoms with Crippen molar-refractivity contribution in [1.29, 1.82) is 0 Å². The molecule has 1 saturated carbocycles. The molecule has 0 amide bonds. The molecular formula is C12H19NO. The normalized spacial score (nSPS) is 23.8. The summed E-state index contributed by atoms with van der Waals surface area (Å²) in [4.78, 5) is 0. The Hall–Kier alpha value is -0.760. The Morgan fingerprint density at radius 2 is 2.29 bits per heavy atom. The summed E-state index contributed by atoms with van der Waals surface area (Å²) in [6.45, 7) is 8.73. The number of hydrogen-bond donors (Lipinski definition) is 1. The molecule has 2 heteroatoms. The minimum absolute atomic E-state index is 0.575. The highest BCUT2D eigenvalue weighted by Gasteiger charge is 2.44. The summed E-state index contributed by atoms with van der Waals surface area (Å²) in [5.74, 6) is 1.93. The van der Waals surface area contributed by atoms with E-state index in [0.29, 0.717) is 5.41 Å². The van der Waals surface area contributed by atoms with Crippen LogP contribution in [0.5, 0.6) is 0 Å². The third-order valence-electron chi connectivity index (χ3n) is 3.36. The van der Waals surface area contributed by atoms with Crippen molar-refractivity contribution in [1.82, 2.24) is 5.32 Å². The van der Waals surface area contributed by atoms with E-state index in [2.05, 4.69) is 26.1 Å². The van der Waals surface area contributed by atoms with Gasteiger partial charge in [-0.05, 0) is 42.9 Å².